The van der Waals surface area contributed by atoms with Gasteiger partial charge in [0.25, 0.3) is 0 Å². The molecule has 20 N–H and O–H groups in total. The first-order valence-electron chi connectivity index (χ1n) is 39.6. The summed E-state index contributed by atoms with van der Waals surface area (Å²) in [6.45, 7) is 16.9. The van der Waals surface area contributed by atoms with Crippen molar-refractivity contribution in [2.24, 2.45) is 0 Å². The SMILES string of the molecule is CCCC[C@@H](CO)Nc1nc(N)ncc1OCCOC.CCCC[C@@H](CO)Nc1nc(N)ncc1OCc1ncc(C)c(OC)c1C.CCC[C@@H](CO)Nc1nc(N)ncc1OCCOC.CCC[C@@H](CO)Nc1nc(N)ncc1OCc1ccc2ccccc2n1.CCC[C@@H](CO)Nc1nc(N)ncc1OCc1nccc2ccccc12.S.S.S.S.S. The molecule has 0 amide bonds. The van der Waals surface area contributed by atoms with Crippen LogP contribution in [0, 0.1) is 13.8 Å². The van der Waals surface area contributed by atoms with Crippen LogP contribution in [0.3, 0.4) is 0 Å². The summed E-state index contributed by atoms with van der Waals surface area (Å²) < 4.78 is 44.0. The van der Waals surface area contributed by atoms with Gasteiger partial charge in [-0.1, -0.05) is 128 Å². The molecule has 0 saturated heterocycles. The number of nitrogen functional groups attached to an aromatic ring is 5. The van der Waals surface area contributed by atoms with Crippen LogP contribution in [-0.4, -0.2) is 201 Å². The molecule has 8 heterocycles. The molecule has 0 radical (unpaired) electrons. The van der Waals surface area contributed by atoms with Crippen molar-refractivity contribution in [2.45, 2.75) is 176 Å². The third-order valence-corrected chi connectivity index (χ3v) is 17.8. The minimum Gasteiger partial charge on any atom is -0.496 e. The maximum absolute atomic E-state index is 9.60. The van der Waals surface area contributed by atoms with Gasteiger partial charge in [0.2, 0.25) is 29.7 Å². The number of unbranched alkanes of at least 4 members (excludes halogenated alkanes) is 2. The second-order valence-corrected chi connectivity index (χ2v) is 27.0. The number of anilines is 10. The van der Waals surface area contributed by atoms with E-state index < -0.39 is 0 Å². The van der Waals surface area contributed by atoms with Gasteiger partial charge in [0.1, 0.15) is 38.8 Å². The smallest absolute Gasteiger partial charge is 0.222 e. The molecule has 0 aliphatic rings. The molecule has 0 saturated carbocycles. The number of ether oxygens (including phenoxy) is 8. The number of nitrogens with one attached hydrogen (secondary N) is 5. The molecule has 0 aliphatic heterocycles. The fourth-order valence-corrected chi connectivity index (χ4v) is 11.5. The third-order valence-electron chi connectivity index (χ3n) is 17.8. The number of pyridine rings is 3. The Bertz CT molecular complexity index is 4550. The van der Waals surface area contributed by atoms with Gasteiger partial charge in [0.15, 0.2) is 57.8 Å². The van der Waals surface area contributed by atoms with Gasteiger partial charge < -0.3 is 119 Å². The van der Waals surface area contributed by atoms with Gasteiger partial charge >= 0.3 is 0 Å². The number of rotatable bonds is 45. The maximum atomic E-state index is 9.60. The van der Waals surface area contributed by atoms with Crippen molar-refractivity contribution in [1.29, 1.82) is 0 Å². The van der Waals surface area contributed by atoms with Crippen LogP contribution in [0.2, 0.25) is 0 Å². The lowest BCUT2D eigenvalue weighted by atomic mass is 10.1. The molecule has 0 fully saturated rings. The van der Waals surface area contributed by atoms with Crippen LogP contribution >= 0.6 is 67.5 Å². The Kier molecular flexibility index (Phi) is 57.0. The number of methoxy groups -OCH3 is 3. The predicted octanol–water partition coefficient (Wildman–Crippen LogP) is 10.4. The fourth-order valence-electron chi connectivity index (χ4n) is 11.5. The Labute approximate surface area is 756 Å². The summed E-state index contributed by atoms with van der Waals surface area (Å²) in [4.78, 5) is 54.2. The lowest BCUT2D eigenvalue weighted by Crippen LogP contribution is -2.25. The third kappa shape index (κ3) is 38.8. The molecule has 0 unspecified atom stereocenters. The van der Waals surface area contributed by atoms with E-state index in [-0.39, 0.29) is 180 Å². The molecule has 10 aromatic rings. The number of hydrogen-bond acceptors (Lipinski definition) is 36. The molecule has 0 aliphatic carbocycles. The van der Waals surface area contributed by atoms with E-state index in [0.29, 0.717) is 84.3 Å². The highest BCUT2D eigenvalue weighted by atomic mass is 32.1. The topological polar surface area (TPSA) is 533 Å². The summed E-state index contributed by atoms with van der Waals surface area (Å²) >= 11 is 0. The number of benzene rings is 2. The van der Waals surface area contributed by atoms with E-state index in [1.165, 1.54) is 31.0 Å². The van der Waals surface area contributed by atoms with Gasteiger partial charge in [-0.3, -0.25) is 9.97 Å². The Morgan fingerprint density at radius 2 is 0.715 bits per heavy atom. The Morgan fingerprint density at radius 3 is 1.09 bits per heavy atom. The largest absolute Gasteiger partial charge is 0.496 e. The van der Waals surface area contributed by atoms with Crippen LogP contribution in [0.15, 0.2) is 110 Å². The van der Waals surface area contributed by atoms with Crippen molar-refractivity contribution in [1.82, 2.24) is 64.8 Å². The Morgan fingerprint density at radius 1 is 0.358 bits per heavy atom. The minimum absolute atomic E-state index is 0. The number of aromatic nitrogens is 13. The van der Waals surface area contributed by atoms with E-state index in [1.807, 2.05) is 80.6 Å². The fraction of sp³-hybridized carbons (Fsp3) is 0.476. The van der Waals surface area contributed by atoms with Crippen molar-refractivity contribution in [3.05, 3.63) is 138 Å². The monoisotopic (exact) mass is 1810 g/mol. The molecule has 36 nitrogen and oxygen atoms in total. The van der Waals surface area contributed by atoms with Gasteiger partial charge in [-0.2, -0.15) is 92.4 Å². The van der Waals surface area contributed by atoms with E-state index in [4.69, 9.17) is 66.6 Å². The average Bonchev–Trinajstić information content (AvgIpc) is 0.828. The van der Waals surface area contributed by atoms with Crippen LogP contribution in [-0.2, 0) is 29.3 Å². The predicted molar refractivity (Wildman–Crippen MR) is 512 cm³/mol. The summed E-state index contributed by atoms with van der Waals surface area (Å²) in [7, 11) is 4.85. The molecule has 123 heavy (non-hydrogen) atoms. The molecule has 5 atom stereocenters. The van der Waals surface area contributed by atoms with Crippen molar-refractivity contribution >= 4 is 148 Å². The second kappa shape index (κ2) is 63.1. The normalized spacial score (nSPS) is 11.6. The van der Waals surface area contributed by atoms with Crippen molar-refractivity contribution in [2.75, 3.05) is 136 Å². The number of para-hydroxylation sites is 1. The highest BCUT2D eigenvalue weighted by Crippen LogP contribution is 2.32. The van der Waals surface area contributed by atoms with Crippen LogP contribution < -0.4 is 83.7 Å². The Hall–Kier alpha value is -9.92. The molecule has 682 valence electrons. The molecule has 41 heteroatoms. The van der Waals surface area contributed by atoms with E-state index >= 15 is 0 Å². The quantitative estimate of drug-likeness (QED) is 0.0158. The van der Waals surface area contributed by atoms with E-state index in [2.05, 4.69) is 126 Å². The maximum Gasteiger partial charge on any atom is 0.222 e. The summed E-state index contributed by atoms with van der Waals surface area (Å²) in [6, 6.07) is 21.4. The number of aliphatic hydroxyl groups is 5. The van der Waals surface area contributed by atoms with Gasteiger partial charge in [-0.05, 0) is 69.5 Å². The van der Waals surface area contributed by atoms with E-state index in [1.54, 1.807) is 33.7 Å². The standard InChI is InChI=1S/C19H29N5O3.2C19H23N5O2.C13H24N4O3.C12H22N4O3.5H2S/c1-5-6-7-14(10-25)23-18-16(9-22-19(20)24-18)27-11-15-13(3)17(26-4)12(2)8-21-15;1-2-5-14(11-25)23-18-17(10-21-19(20)24-18)26-12-15-9-8-13-6-3-4-7-16(13)22-15;1-2-5-14(11-25)23-18-17(10-22-19(20)24-18)26-12-16-15-7-4-3-6-13(15)8-9-21-16;1-3-4-5-10(9-18)16-12-11(20-7-6-19-2)8-15-13(14)17-12;1-3-4-9(8-17)15-11-10(19-6-5-18-2)7-14-12(13)16-11;;;;;/h8-9,14,25H,5-7,10-11H2,1-4H3,(H3,20,22,23,24);3-4,6-10,14,25H,2,5,11-12H2,1H3,(H3,20,21,23,24);3-4,6-10,14,25H,2,5,11-12H2,1H3,(H3,20,22,23,24);8,10,18H,3-7,9H2,1-2H3,(H3,14,15,16,17);7,9,17H,3-6,8H2,1-2H3,(H3,13,14,15,16);5*1H2/t3*14-;10-;9-;;;;;/m00000...../s1. The first-order valence-corrected chi connectivity index (χ1v) is 39.6. The zero-order valence-corrected chi connectivity index (χ0v) is 77.0. The van der Waals surface area contributed by atoms with Crippen LogP contribution in [0.4, 0.5) is 58.8 Å². The van der Waals surface area contributed by atoms with Crippen molar-refractivity contribution < 1.29 is 63.4 Å². The highest BCUT2D eigenvalue weighted by Gasteiger charge is 2.21. The van der Waals surface area contributed by atoms with E-state index in [0.717, 1.165) is 133 Å². The summed E-state index contributed by atoms with van der Waals surface area (Å²) in [5.41, 5.74) is 33.5. The van der Waals surface area contributed by atoms with Crippen LogP contribution in [0.25, 0.3) is 21.7 Å². The zero-order chi connectivity index (χ0) is 85.4. The number of nitrogens with two attached hydrogens (primary N) is 5. The van der Waals surface area contributed by atoms with Gasteiger partial charge in [-0.25, -0.2) is 29.9 Å². The van der Waals surface area contributed by atoms with Crippen LogP contribution in [0.1, 0.15) is 140 Å². The minimum atomic E-state index is -0.124. The number of nitrogens with zero attached hydrogens (tertiary/aromatic N) is 13. The summed E-state index contributed by atoms with van der Waals surface area (Å²) in [5.74, 6) is 6.41. The number of aryl methyl sites for hydroxylation is 1. The number of aliphatic hydroxyl groups excluding tert-OH is 5. The first-order chi connectivity index (χ1) is 57.3. The van der Waals surface area contributed by atoms with Crippen LogP contribution in [0.5, 0.6) is 34.5 Å². The van der Waals surface area contributed by atoms with Crippen molar-refractivity contribution in [3.8, 4) is 34.5 Å². The Balaban J connectivity index is 0.000000766. The number of fused-ring (bicyclic) bond motifs is 2. The second-order valence-electron chi connectivity index (χ2n) is 27.0. The average molecular weight is 1810 g/mol. The van der Waals surface area contributed by atoms with E-state index in [9.17, 15) is 25.5 Å². The molecule has 10 rings (SSSR count). The number of hydrogen-bond donors (Lipinski definition) is 15. The molecular formula is C82H131N23O13S5. The van der Waals surface area contributed by atoms with Crippen molar-refractivity contribution in [3.63, 3.8) is 0 Å². The summed E-state index contributed by atoms with van der Waals surface area (Å²) in [5, 5.41) is 66.4. The van der Waals surface area contributed by atoms with Gasteiger partial charge in [-0.15, -0.1) is 0 Å². The lowest BCUT2D eigenvalue weighted by Gasteiger charge is -2.19. The van der Waals surface area contributed by atoms with Gasteiger partial charge in [0, 0.05) is 48.5 Å². The highest BCUT2D eigenvalue weighted by molar-refractivity contribution is 7.60. The molecule has 2 aromatic carbocycles. The van der Waals surface area contributed by atoms with Gasteiger partial charge in [0.05, 0.1) is 137 Å². The first kappa shape index (κ1) is 111. The molecular weight excluding hydrogens is 1680 g/mol. The zero-order valence-electron chi connectivity index (χ0n) is 72.0. The lowest BCUT2D eigenvalue weighted by molar-refractivity contribution is 0.146. The molecule has 0 spiro atoms. The summed E-state index contributed by atoms with van der Waals surface area (Å²) in [6.07, 6.45) is 22.3. The molecule has 0 bridgehead atoms. The molecule has 8 aromatic heterocycles.